The number of ether oxygens (including phenoxy) is 3. The van der Waals surface area contributed by atoms with Crippen molar-refractivity contribution in [3.63, 3.8) is 0 Å². The number of aromatic hydroxyl groups is 1. The summed E-state index contributed by atoms with van der Waals surface area (Å²) in [6.07, 6.45) is 1.42. The summed E-state index contributed by atoms with van der Waals surface area (Å²) in [6, 6.07) is 9.24. The van der Waals surface area contributed by atoms with Crippen molar-refractivity contribution in [2.24, 2.45) is 5.10 Å². The third-order valence-corrected chi connectivity index (χ3v) is 3.63. The van der Waals surface area contributed by atoms with Crippen molar-refractivity contribution >= 4 is 18.0 Å². The van der Waals surface area contributed by atoms with Crippen LogP contribution in [-0.2, 0) is 4.79 Å². The molecule has 0 saturated heterocycles. The summed E-state index contributed by atoms with van der Waals surface area (Å²) < 4.78 is 15.6. The summed E-state index contributed by atoms with van der Waals surface area (Å²) >= 11 is 0. The second-order valence-corrected chi connectivity index (χ2v) is 5.48. The highest BCUT2D eigenvalue weighted by molar-refractivity contribution is 5.97. The standard InChI is InChI=1S/C19H21N3O6/c1-26-15-8-13(9-16(27-2)18(15)28-3)19(25)20-11-17(24)22-21-10-12-4-6-14(23)7-5-12/h4-10,23H,11H2,1-3H3,(H,20,25)(H,22,24)/b21-10+. The van der Waals surface area contributed by atoms with Gasteiger partial charge < -0.3 is 24.6 Å². The van der Waals surface area contributed by atoms with E-state index in [9.17, 15) is 14.7 Å². The third-order valence-electron chi connectivity index (χ3n) is 3.63. The maximum Gasteiger partial charge on any atom is 0.259 e. The summed E-state index contributed by atoms with van der Waals surface area (Å²) in [5.74, 6) is 0.163. The highest BCUT2D eigenvalue weighted by atomic mass is 16.5. The zero-order chi connectivity index (χ0) is 20.5. The first-order valence-corrected chi connectivity index (χ1v) is 8.17. The molecule has 9 nitrogen and oxygen atoms in total. The summed E-state index contributed by atoms with van der Waals surface area (Å²) in [5.41, 5.74) is 3.24. The Bertz CT molecular complexity index is 839. The fourth-order valence-electron chi connectivity index (χ4n) is 2.25. The molecule has 0 spiro atoms. The lowest BCUT2D eigenvalue weighted by Crippen LogP contribution is -2.34. The number of carbonyl (C=O) groups excluding carboxylic acids is 2. The van der Waals surface area contributed by atoms with Crippen molar-refractivity contribution in [2.45, 2.75) is 0 Å². The number of phenols is 1. The summed E-state index contributed by atoms with van der Waals surface area (Å²) in [4.78, 5) is 24.1. The number of benzene rings is 2. The van der Waals surface area contributed by atoms with Crippen LogP contribution >= 0.6 is 0 Å². The lowest BCUT2D eigenvalue weighted by atomic mass is 10.1. The fourth-order valence-corrected chi connectivity index (χ4v) is 2.25. The molecule has 0 aliphatic heterocycles. The first-order valence-electron chi connectivity index (χ1n) is 8.17. The van der Waals surface area contributed by atoms with E-state index >= 15 is 0 Å². The molecule has 28 heavy (non-hydrogen) atoms. The van der Waals surface area contributed by atoms with Gasteiger partial charge in [0.25, 0.3) is 11.8 Å². The minimum atomic E-state index is -0.504. The number of hydrogen-bond donors (Lipinski definition) is 3. The molecule has 0 heterocycles. The van der Waals surface area contributed by atoms with Crippen LogP contribution in [0.2, 0.25) is 0 Å². The number of nitrogens with one attached hydrogen (secondary N) is 2. The average molecular weight is 387 g/mol. The van der Waals surface area contributed by atoms with Crippen molar-refractivity contribution in [3.8, 4) is 23.0 Å². The van der Waals surface area contributed by atoms with Gasteiger partial charge in [0, 0.05) is 5.56 Å². The van der Waals surface area contributed by atoms with E-state index in [-0.39, 0.29) is 17.9 Å². The zero-order valence-corrected chi connectivity index (χ0v) is 15.7. The zero-order valence-electron chi connectivity index (χ0n) is 15.7. The Labute approximate surface area is 161 Å². The van der Waals surface area contributed by atoms with Crippen LogP contribution in [0.4, 0.5) is 0 Å². The molecule has 2 aromatic rings. The van der Waals surface area contributed by atoms with Crippen LogP contribution in [0.3, 0.4) is 0 Å². The molecular weight excluding hydrogens is 366 g/mol. The average Bonchev–Trinajstić information content (AvgIpc) is 2.72. The number of rotatable bonds is 8. The van der Waals surface area contributed by atoms with Crippen LogP contribution in [0.15, 0.2) is 41.5 Å². The van der Waals surface area contributed by atoms with E-state index in [0.29, 0.717) is 22.8 Å². The molecule has 0 unspecified atom stereocenters. The van der Waals surface area contributed by atoms with Gasteiger partial charge in [-0.1, -0.05) is 0 Å². The normalized spacial score (nSPS) is 10.4. The number of nitrogens with zero attached hydrogens (tertiary/aromatic N) is 1. The Morgan fingerprint density at radius 2 is 1.64 bits per heavy atom. The molecule has 0 aromatic heterocycles. The largest absolute Gasteiger partial charge is 0.508 e. The van der Waals surface area contributed by atoms with Gasteiger partial charge in [-0.25, -0.2) is 5.43 Å². The first kappa shape index (κ1) is 20.6. The van der Waals surface area contributed by atoms with E-state index in [0.717, 1.165) is 0 Å². The molecule has 148 valence electrons. The lowest BCUT2D eigenvalue weighted by molar-refractivity contribution is -0.120. The highest BCUT2D eigenvalue weighted by Crippen LogP contribution is 2.38. The Morgan fingerprint density at radius 3 is 2.18 bits per heavy atom. The van der Waals surface area contributed by atoms with Gasteiger partial charge in [-0.2, -0.15) is 5.10 Å². The Kier molecular flexibility index (Phi) is 7.21. The minimum absolute atomic E-state index is 0.135. The number of amides is 2. The molecule has 0 saturated carbocycles. The van der Waals surface area contributed by atoms with Crippen molar-refractivity contribution in [1.29, 1.82) is 0 Å². The van der Waals surface area contributed by atoms with E-state index in [4.69, 9.17) is 14.2 Å². The van der Waals surface area contributed by atoms with E-state index in [1.807, 2.05) is 0 Å². The number of methoxy groups -OCH3 is 3. The van der Waals surface area contributed by atoms with E-state index in [1.54, 1.807) is 12.1 Å². The minimum Gasteiger partial charge on any atom is -0.508 e. The fraction of sp³-hybridized carbons (Fsp3) is 0.211. The maximum atomic E-state index is 12.3. The summed E-state index contributed by atoms with van der Waals surface area (Å²) in [6.45, 7) is -0.275. The van der Waals surface area contributed by atoms with Crippen molar-refractivity contribution < 1.29 is 28.9 Å². The van der Waals surface area contributed by atoms with Crippen LogP contribution in [0.5, 0.6) is 23.0 Å². The van der Waals surface area contributed by atoms with E-state index in [2.05, 4.69) is 15.8 Å². The quantitative estimate of drug-likeness (QED) is 0.464. The summed E-state index contributed by atoms with van der Waals surface area (Å²) in [7, 11) is 4.35. The van der Waals surface area contributed by atoms with E-state index < -0.39 is 11.8 Å². The molecule has 0 aliphatic rings. The predicted octanol–water partition coefficient (Wildman–Crippen LogP) is 1.30. The van der Waals surface area contributed by atoms with Crippen molar-refractivity contribution in [3.05, 3.63) is 47.5 Å². The Balaban J connectivity index is 1.94. The molecule has 0 radical (unpaired) electrons. The second kappa shape index (κ2) is 9.81. The third kappa shape index (κ3) is 5.37. The van der Waals surface area contributed by atoms with Gasteiger partial charge in [0.1, 0.15) is 5.75 Å². The lowest BCUT2D eigenvalue weighted by Gasteiger charge is -2.14. The molecule has 0 aliphatic carbocycles. The van der Waals surface area contributed by atoms with Gasteiger partial charge in [-0.3, -0.25) is 9.59 Å². The molecule has 9 heteroatoms. The highest BCUT2D eigenvalue weighted by Gasteiger charge is 2.17. The SMILES string of the molecule is COc1cc(C(=O)NCC(=O)N/N=C/c2ccc(O)cc2)cc(OC)c1OC. The monoisotopic (exact) mass is 387 g/mol. The van der Waals surface area contributed by atoms with Crippen molar-refractivity contribution in [1.82, 2.24) is 10.7 Å². The summed E-state index contributed by atoms with van der Waals surface area (Å²) in [5, 5.41) is 15.5. The molecule has 2 aromatic carbocycles. The van der Waals surface area contributed by atoms with Crippen molar-refractivity contribution in [2.75, 3.05) is 27.9 Å². The van der Waals surface area contributed by atoms with Gasteiger partial charge >= 0.3 is 0 Å². The predicted molar refractivity (Wildman–Crippen MR) is 102 cm³/mol. The number of phenolic OH excluding ortho intramolecular Hbond substituents is 1. The molecule has 2 amide bonds. The Hall–Kier alpha value is -3.75. The van der Waals surface area contributed by atoms with Gasteiger partial charge in [-0.05, 0) is 42.0 Å². The van der Waals surface area contributed by atoms with Gasteiger partial charge in [-0.15, -0.1) is 0 Å². The topological polar surface area (TPSA) is 118 Å². The molecule has 0 atom stereocenters. The smallest absolute Gasteiger partial charge is 0.259 e. The first-order chi connectivity index (χ1) is 13.5. The maximum absolute atomic E-state index is 12.3. The van der Waals surface area contributed by atoms with Gasteiger partial charge in [0.2, 0.25) is 5.75 Å². The van der Waals surface area contributed by atoms with Gasteiger partial charge in [0.05, 0.1) is 34.1 Å². The molecule has 0 fully saturated rings. The van der Waals surface area contributed by atoms with Crippen LogP contribution < -0.4 is 25.0 Å². The van der Waals surface area contributed by atoms with Crippen LogP contribution in [0.1, 0.15) is 15.9 Å². The second-order valence-electron chi connectivity index (χ2n) is 5.48. The molecule has 3 N–H and O–H groups in total. The van der Waals surface area contributed by atoms with Gasteiger partial charge in [0.15, 0.2) is 11.5 Å². The van der Waals surface area contributed by atoms with Crippen LogP contribution in [0, 0.1) is 0 Å². The number of hydrazone groups is 1. The molecule has 0 bridgehead atoms. The molecule has 2 rings (SSSR count). The number of hydrogen-bond acceptors (Lipinski definition) is 7. The Morgan fingerprint density at radius 1 is 1.04 bits per heavy atom. The molecular formula is C19H21N3O6. The van der Waals surface area contributed by atoms with E-state index in [1.165, 1.54) is 51.8 Å². The van der Waals surface area contributed by atoms with Crippen LogP contribution in [-0.4, -0.2) is 51.0 Å². The van der Waals surface area contributed by atoms with Crippen LogP contribution in [0.25, 0.3) is 0 Å². The number of carbonyl (C=O) groups is 2.